The fourth-order valence-corrected chi connectivity index (χ4v) is 3.77. The molecule has 0 aliphatic heterocycles. The summed E-state index contributed by atoms with van der Waals surface area (Å²) in [7, 11) is 0. The summed E-state index contributed by atoms with van der Waals surface area (Å²) < 4.78 is 32.0. The smallest absolute Gasteiger partial charge is 0.218 e. The molecule has 4 heteroatoms. The summed E-state index contributed by atoms with van der Waals surface area (Å²) in [5, 5.41) is 0. The molecule has 0 spiro atoms. The van der Waals surface area contributed by atoms with E-state index in [9.17, 15) is 8.78 Å². The number of aryl methyl sites for hydroxylation is 1. The minimum Gasteiger partial charge on any atom is -0.494 e. The summed E-state index contributed by atoms with van der Waals surface area (Å²) in [5.74, 6) is 0.731. The Morgan fingerprint density at radius 3 is 2.36 bits per heavy atom. The number of pyridine rings is 1. The summed E-state index contributed by atoms with van der Waals surface area (Å²) in [6.07, 6.45) is 6.24. The van der Waals surface area contributed by atoms with Crippen LogP contribution in [0, 0.1) is 17.8 Å². The number of ether oxygens (including phenoxy) is 1. The average Bonchev–Trinajstić information content (AvgIpc) is 2.62. The number of aromatic nitrogens is 1. The molecule has 0 bridgehead atoms. The highest BCUT2D eigenvalue weighted by atomic mass is 19.1. The fourth-order valence-electron chi connectivity index (χ4n) is 3.77. The predicted octanol–water partition coefficient (Wildman–Crippen LogP) is 5.67. The van der Waals surface area contributed by atoms with Gasteiger partial charge in [0.05, 0.1) is 6.61 Å². The van der Waals surface area contributed by atoms with E-state index in [0.29, 0.717) is 30.4 Å². The lowest BCUT2D eigenvalue weighted by atomic mass is 9.77. The first-order valence-corrected chi connectivity index (χ1v) is 9.19. The monoisotopic (exact) mass is 345 g/mol. The van der Waals surface area contributed by atoms with E-state index in [1.165, 1.54) is 30.5 Å². The van der Waals surface area contributed by atoms with Gasteiger partial charge in [0, 0.05) is 5.56 Å². The zero-order chi connectivity index (χ0) is 17.6. The zero-order valence-corrected chi connectivity index (χ0v) is 14.7. The van der Waals surface area contributed by atoms with Crippen LogP contribution in [0.4, 0.5) is 8.78 Å². The highest BCUT2D eigenvalue weighted by Crippen LogP contribution is 2.38. The van der Waals surface area contributed by atoms with Crippen molar-refractivity contribution in [3.63, 3.8) is 0 Å². The van der Waals surface area contributed by atoms with E-state index in [1.807, 2.05) is 6.92 Å². The minimum atomic E-state index is -0.753. The topological polar surface area (TPSA) is 22.1 Å². The molecule has 1 aliphatic carbocycles. The van der Waals surface area contributed by atoms with Crippen LogP contribution in [0.15, 0.2) is 36.4 Å². The third-order valence-electron chi connectivity index (χ3n) is 5.22. The predicted molar refractivity (Wildman–Crippen MR) is 94.8 cm³/mol. The maximum absolute atomic E-state index is 13.6. The van der Waals surface area contributed by atoms with Crippen molar-refractivity contribution in [1.82, 2.24) is 4.98 Å². The van der Waals surface area contributed by atoms with E-state index in [1.54, 1.807) is 0 Å². The molecule has 0 saturated heterocycles. The first-order valence-electron chi connectivity index (χ1n) is 9.19. The van der Waals surface area contributed by atoms with Crippen LogP contribution in [0.2, 0.25) is 0 Å². The molecule has 1 saturated carbocycles. The third-order valence-corrected chi connectivity index (χ3v) is 5.22. The van der Waals surface area contributed by atoms with Crippen LogP contribution < -0.4 is 4.74 Å². The molecule has 1 aromatic carbocycles. The van der Waals surface area contributed by atoms with Gasteiger partial charge in [0.15, 0.2) is 0 Å². The molecule has 0 amide bonds. The summed E-state index contributed by atoms with van der Waals surface area (Å²) in [6.45, 7) is 2.68. The Morgan fingerprint density at radius 1 is 1.00 bits per heavy atom. The van der Waals surface area contributed by atoms with Crippen LogP contribution in [-0.2, 0) is 6.42 Å². The van der Waals surface area contributed by atoms with Gasteiger partial charge in [-0.05, 0) is 87.1 Å². The molecule has 0 unspecified atom stereocenters. The maximum Gasteiger partial charge on any atom is 0.218 e. The van der Waals surface area contributed by atoms with Gasteiger partial charge in [-0.15, -0.1) is 0 Å². The zero-order valence-electron chi connectivity index (χ0n) is 14.7. The van der Waals surface area contributed by atoms with Gasteiger partial charge >= 0.3 is 0 Å². The van der Waals surface area contributed by atoms with Gasteiger partial charge in [0.2, 0.25) is 11.9 Å². The van der Waals surface area contributed by atoms with Crippen LogP contribution in [-0.4, -0.2) is 11.6 Å². The van der Waals surface area contributed by atoms with Crippen molar-refractivity contribution < 1.29 is 13.5 Å². The Bertz CT molecular complexity index is 679. The second-order valence-electron chi connectivity index (χ2n) is 6.84. The maximum atomic E-state index is 13.6. The summed E-state index contributed by atoms with van der Waals surface area (Å²) in [5.41, 5.74) is 1.91. The van der Waals surface area contributed by atoms with Gasteiger partial charge in [-0.25, -0.2) is 0 Å². The van der Waals surface area contributed by atoms with Gasteiger partial charge in [0.25, 0.3) is 0 Å². The molecule has 1 aliphatic rings. The van der Waals surface area contributed by atoms with E-state index in [0.717, 1.165) is 25.0 Å². The largest absolute Gasteiger partial charge is 0.494 e. The van der Waals surface area contributed by atoms with Crippen molar-refractivity contribution in [2.75, 3.05) is 6.61 Å². The first kappa shape index (κ1) is 17.8. The van der Waals surface area contributed by atoms with Gasteiger partial charge in [-0.3, -0.25) is 0 Å². The SMILES string of the molecule is CCOc1ccc(C2CCC(CCc3ccc(F)nc3F)CC2)cc1. The molecule has 1 heterocycles. The normalized spacial score (nSPS) is 20.4. The van der Waals surface area contributed by atoms with E-state index >= 15 is 0 Å². The standard InChI is InChI=1S/C21H25F2NO/c1-2-25-19-12-9-17(10-13-19)16-6-3-15(4-7-16)5-8-18-11-14-20(22)24-21(18)23/h9-16H,2-8H2,1H3. The van der Waals surface area contributed by atoms with E-state index in [4.69, 9.17) is 4.74 Å². The van der Waals surface area contributed by atoms with Gasteiger partial charge in [-0.1, -0.05) is 12.1 Å². The Kier molecular flexibility index (Phi) is 6.00. The molecule has 0 N–H and O–H groups in total. The molecule has 1 fully saturated rings. The lowest BCUT2D eigenvalue weighted by Gasteiger charge is -2.29. The van der Waals surface area contributed by atoms with Crippen LogP contribution in [0.5, 0.6) is 5.75 Å². The highest BCUT2D eigenvalue weighted by Gasteiger charge is 2.22. The molecule has 2 nitrogen and oxygen atoms in total. The van der Waals surface area contributed by atoms with E-state index < -0.39 is 11.9 Å². The molecular formula is C21H25F2NO. The lowest BCUT2D eigenvalue weighted by Crippen LogP contribution is -2.14. The number of halogens is 2. The molecular weight excluding hydrogens is 320 g/mol. The van der Waals surface area contributed by atoms with Crippen LogP contribution in [0.1, 0.15) is 56.1 Å². The summed E-state index contributed by atoms with van der Waals surface area (Å²) in [6, 6.07) is 11.2. The van der Waals surface area contributed by atoms with Crippen molar-refractivity contribution >= 4 is 0 Å². The third kappa shape index (κ3) is 4.77. The van der Waals surface area contributed by atoms with Crippen LogP contribution >= 0.6 is 0 Å². The molecule has 1 aromatic heterocycles. The number of hydrogen-bond donors (Lipinski definition) is 0. The Labute approximate surface area is 148 Å². The van der Waals surface area contributed by atoms with Gasteiger partial charge < -0.3 is 4.74 Å². The Hall–Kier alpha value is -1.97. The Balaban J connectivity index is 1.48. The van der Waals surface area contributed by atoms with Crippen molar-refractivity contribution in [2.45, 2.75) is 51.4 Å². The number of rotatable bonds is 6. The Morgan fingerprint density at radius 2 is 1.72 bits per heavy atom. The van der Waals surface area contributed by atoms with Crippen LogP contribution in [0.3, 0.4) is 0 Å². The molecule has 134 valence electrons. The quantitative estimate of drug-likeness (QED) is 0.630. The molecule has 25 heavy (non-hydrogen) atoms. The average molecular weight is 345 g/mol. The first-order chi connectivity index (χ1) is 12.2. The lowest BCUT2D eigenvalue weighted by molar-refractivity contribution is 0.308. The van der Waals surface area contributed by atoms with Crippen molar-refractivity contribution in [2.24, 2.45) is 5.92 Å². The van der Waals surface area contributed by atoms with Crippen molar-refractivity contribution in [3.8, 4) is 5.75 Å². The summed E-state index contributed by atoms with van der Waals surface area (Å²) >= 11 is 0. The van der Waals surface area contributed by atoms with E-state index in [-0.39, 0.29) is 0 Å². The minimum absolute atomic E-state index is 0.523. The number of benzene rings is 1. The van der Waals surface area contributed by atoms with Gasteiger partial charge in [-0.2, -0.15) is 13.8 Å². The summed E-state index contributed by atoms with van der Waals surface area (Å²) in [4.78, 5) is 3.27. The van der Waals surface area contributed by atoms with Crippen LogP contribution in [0.25, 0.3) is 0 Å². The second kappa shape index (κ2) is 8.41. The molecule has 0 atom stereocenters. The fraction of sp³-hybridized carbons (Fsp3) is 0.476. The van der Waals surface area contributed by atoms with Crippen molar-refractivity contribution in [3.05, 3.63) is 59.4 Å². The second-order valence-corrected chi connectivity index (χ2v) is 6.84. The molecule has 2 aromatic rings. The van der Waals surface area contributed by atoms with Gasteiger partial charge in [0.1, 0.15) is 5.75 Å². The highest BCUT2D eigenvalue weighted by molar-refractivity contribution is 5.29. The molecule has 0 radical (unpaired) electrons. The number of nitrogens with zero attached hydrogens (tertiary/aromatic N) is 1. The number of hydrogen-bond acceptors (Lipinski definition) is 2. The van der Waals surface area contributed by atoms with Crippen molar-refractivity contribution in [1.29, 1.82) is 0 Å². The van der Waals surface area contributed by atoms with E-state index in [2.05, 4.69) is 29.2 Å². The molecule has 3 rings (SSSR count).